The highest BCUT2D eigenvalue weighted by molar-refractivity contribution is 7.85. The molecule has 0 atom stereocenters. The molecular formula is C7H8O5S. The molecule has 0 bridgehead atoms. The number of rotatable bonds is 1. The summed E-state index contributed by atoms with van der Waals surface area (Å²) in [6.07, 6.45) is 0. The van der Waals surface area contributed by atoms with Gasteiger partial charge in [0.1, 0.15) is 4.90 Å². The van der Waals surface area contributed by atoms with Crippen molar-refractivity contribution in [2.24, 2.45) is 0 Å². The molecule has 5 nitrogen and oxygen atoms in total. The lowest BCUT2D eigenvalue weighted by molar-refractivity contribution is 0.401. The monoisotopic (exact) mass is 204 g/mol. The first-order valence-electron chi connectivity index (χ1n) is 3.32. The molecule has 6 heteroatoms. The van der Waals surface area contributed by atoms with Crippen LogP contribution < -0.4 is 0 Å². The van der Waals surface area contributed by atoms with E-state index in [9.17, 15) is 8.42 Å². The zero-order valence-electron chi connectivity index (χ0n) is 6.72. The first-order valence-corrected chi connectivity index (χ1v) is 4.76. The van der Waals surface area contributed by atoms with Crippen molar-refractivity contribution in [2.75, 3.05) is 0 Å². The Kier molecular flexibility index (Phi) is 2.19. The SMILES string of the molecule is Cc1cc(O)c(O)cc1S(=O)(=O)O. The first-order chi connectivity index (χ1) is 5.82. The fourth-order valence-corrected chi connectivity index (χ4v) is 1.67. The summed E-state index contributed by atoms with van der Waals surface area (Å²) in [6.45, 7) is 1.39. The lowest BCUT2D eigenvalue weighted by Gasteiger charge is -2.04. The van der Waals surface area contributed by atoms with Crippen LogP contribution in [0.3, 0.4) is 0 Å². The molecule has 0 saturated heterocycles. The summed E-state index contributed by atoms with van der Waals surface area (Å²) in [5, 5.41) is 17.9. The van der Waals surface area contributed by atoms with Gasteiger partial charge in [-0.1, -0.05) is 0 Å². The molecule has 0 saturated carbocycles. The van der Waals surface area contributed by atoms with E-state index in [1.165, 1.54) is 6.92 Å². The molecule has 0 spiro atoms. The van der Waals surface area contributed by atoms with Crippen LogP contribution in [0.4, 0.5) is 0 Å². The molecule has 0 aliphatic carbocycles. The molecule has 0 aliphatic heterocycles. The van der Waals surface area contributed by atoms with Crippen molar-refractivity contribution >= 4 is 10.1 Å². The zero-order valence-corrected chi connectivity index (χ0v) is 7.54. The molecule has 0 fully saturated rings. The lowest BCUT2D eigenvalue weighted by atomic mass is 10.2. The van der Waals surface area contributed by atoms with Crippen LogP contribution in [0, 0.1) is 6.92 Å². The van der Waals surface area contributed by atoms with E-state index in [1.807, 2.05) is 0 Å². The number of phenolic OH excluding ortho intramolecular Hbond substituents is 2. The van der Waals surface area contributed by atoms with Crippen LogP contribution in [0.1, 0.15) is 5.56 Å². The van der Waals surface area contributed by atoms with E-state index >= 15 is 0 Å². The van der Waals surface area contributed by atoms with Gasteiger partial charge >= 0.3 is 0 Å². The number of aryl methyl sites for hydroxylation is 1. The van der Waals surface area contributed by atoms with Gasteiger partial charge in [-0.2, -0.15) is 8.42 Å². The molecule has 72 valence electrons. The summed E-state index contributed by atoms with van der Waals surface area (Å²) in [4.78, 5) is -0.414. The van der Waals surface area contributed by atoms with Crippen LogP contribution >= 0.6 is 0 Å². The molecule has 0 amide bonds. The Morgan fingerprint density at radius 2 is 1.62 bits per heavy atom. The van der Waals surface area contributed by atoms with Gasteiger partial charge in [-0.25, -0.2) is 0 Å². The second-order valence-electron chi connectivity index (χ2n) is 2.58. The third-order valence-electron chi connectivity index (χ3n) is 1.55. The van der Waals surface area contributed by atoms with Crippen LogP contribution in [-0.2, 0) is 10.1 Å². The Morgan fingerprint density at radius 3 is 2.08 bits per heavy atom. The Balaban J connectivity index is 3.50. The minimum atomic E-state index is -4.34. The van der Waals surface area contributed by atoms with Crippen molar-refractivity contribution in [1.82, 2.24) is 0 Å². The van der Waals surface area contributed by atoms with Gasteiger partial charge in [-0.15, -0.1) is 0 Å². The fourth-order valence-electron chi connectivity index (χ4n) is 0.940. The molecule has 0 radical (unpaired) electrons. The van der Waals surface area contributed by atoms with Gasteiger partial charge in [0.25, 0.3) is 10.1 Å². The Morgan fingerprint density at radius 1 is 1.15 bits per heavy atom. The van der Waals surface area contributed by atoms with E-state index in [0.29, 0.717) is 0 Å². The van der Waals surface area contributed by atoms with Gasteiger partial charge in [0.15, 0.2) is 11.5 Å². The molecule has 1 rings (SSSR count). The van der Waals surface area contributed by atoms with Gasteiger partial charge in [0.2, 0.25) is 0 Å². The summed E-state index contributed by atoms with van der Waals surface area (Å²) in [5.41, 5.74) is 0.165. The predicted octanol–water partition coefficient (Wildman–Crippen LogP) is 0.653. The minimum absolute atomic E-state index is 0.165. The maximum Gasteiger partial charge on any atom is 0.294 e. The van der Waals surface area contributed by atoms with Crippen LogP contribution in [0.2, 0.25) is 0 Å². The van der Waals surface area contributed by atoms with Gasteiger partial charge in [0.05, 0.1) is 0 Å². The van der Waals surface area contributed by atoms with Gasteiger partial charge < -0.3 is 10.2 Å². The van der Waals surface area contributed by atoms with Crippen molar-refractivity contribution < 1.29 is 23.2 Å². The standard InChI is InChI=1S/C7H8O5S/c1-4-2-5(8)6(9)3-7(4)13(10,11)12/h2-3,8-9H,1H3,(H,10,11,12). The van der Waals surface area contributed by atoms with Crippen molar-refractivity contribution in [3.8, 4) is 11.5 Å². The number of aromatic hydroxyl groups is 2. The fraction of sp³-hybridized carbons (Fsp3) is 0.143. The van der Waals surface area contributed by atoms with E-state index in [2.05, 4.69) is 0 Å². The highest BCUT2D eigenvalue weighted by atomic mass is 32.2. The summed E-state index contributed by atoms with van der Waals surface area (Å²) in [7, 11) is -4.34. The molecule has 0 aliphatic rings. The highest BCUT2D eigenvalue weighted by Crippen LogP contribution is 2.29. The molecule has 1 aromatic carbocycles. The normalized spacial score (nSPS) is 11.5. The zero-order chi connectivity index (χ0) is 10.2. The van der Waals surface area contributed by atoms with Crippen molar-refractivity contribution in [3.05, 3.63) is 17.7 Å². The third-order valence-corrected chi connectivity index (χ3v) is 2.55. The van der Waals surface area contributed by atoms with Crippen LogP contribution in [0.15, 0.2) is 17.0 Å². The maximum atomic E-state index is 10.7. The van der Waals surface area contributed by atoms with E-state index < -0.39 is 26.5 Å². The largest absolute Gasteiger partial charge is 0.504 e. The maximum absolute atomic E-state index is 10.7. The van der Waals surface area contributed by atoms with Gasteiger partial charge in [-0.05, 0) is 18.6 Å². The van der Waals surface area contributed by atoms with Gasteiger partial charge in [-0.3, -0.25) is 4.55 Å². The minimum Gasteiger partial charge on any atom is -0.504 e. The third kappa shape index (κ3) is 1.90. The molecule has 13 heavy (non-hydrogen) atoms. The number of benzene rings is 1. The van der Waals surface area contributed by atoms with Crippen molar-refractivity contribution in [3.63, 3.8) is 0 Å². The highest BCUT2D eigenvalue weighted by Gasteiger charge is 2.15. The molecular weight excluding hydrogens is 196 g/mol. The number of phenols is 2. The van der Waals surface area contributed by atoms with E-state index in [1.54, 1.807) is 0 Å². The van der Waals surface area contributed by atoms with Crippen molar-refractivity contribution in [1.29, 1.82) is 0 Å². The average molecular weight is 204 g/mol. The molecule has 0 heterocycles. The predicted molar refractivity (Wildman–Crippen MR) is 44.3 cm³/mol. The second kappa shape index (κ2) is 2.90. The molecule has 1 aromatic rings. The quantitative estimate of drug-likeness (QED) is 0.461. The van der Waals surface area contributed by atoms with Crippen LogP contribution in [0.25, 0.3) is 0 Å². The lowest BCUT2D eigenvalue weighted by Crippen LogP contribution is -2.00. The molecule has 0 aromatic heterocycles. The van der Waals surface area contributed by atoms with E-state index in [4.69, 9.17) is 14.8 Å². The summed E-state index contributed by atoms with van der Waals surface area (Å²) >= 11 is 0. The number of hydrogen-bond donors (Lipinski definition) is 3. The average Bonchev–Trinajstić information content (AvgIpc) is 1.94. The summed E-state index contributed by atoms with van der Waals surface area (Å²) in [5.74, 6) is -1.01. The van der Waals surface area contributed by atoms with Gasteiger partial charge in [0, 0.05) is 6.07 Å². The summed E-state index contributed by atoms with van der Waals surface area (Å²) < 4.78 is 30.0. The van der Waals surface area contributed by atoms with E-state index in [0.717, 1.165) is 12.1 Å². The Hall–Kier alpha value is -1.27. The first kappa shape index (κ1) is 9.82. The van der Waals surface area contributed by atoms with Crippen molar-refractivity contribution in [2.45, 2.75) is 11.8 Å². The second-order valence-corrected chi connectivity index (χ2v) is 3.97. The Labute approximate surface area is 75.0 Å². The van der Waals surface area contributed by atoms with E-state index in [-0.39, 0.29) is 5.56 Å². The topological polar surface area (TPSA) is 94.8 Å². The van der Waals surface area contributed by atoms with Crippen LogP contribution in [-0.4, -0.2) is 23.2 Å². The molecule has 3 N–H and O–H groups in total. The van der Waals surface area contributed by atoms with Crippen LogP contribution in [0.5, 0.6) is 11.5 Å². The number of hydrogen-bond acceptors (Lipinski definition) is 4. The summed E-state index contributed by atoms with van der Waals surface area (Å²) in [6, 6.07) is 1.85. The molecule has 0 unspecified atom stereocenters. The Bertz CT molecular complexity index is 434. The smallest absolute Gasteiger partial charge is 0.294 e.